The van der Waals surface area contributed by atoms with Gasteiger partial charge in [0.2, 0.25) is 5.82 Å². The number of fused-ring (bicyclic) bond motifs is 1. The molecule has 4 heterocycles. The molecule has 0 bridgehead atoms. The molecule has 25 heavy (non-hydrogen) atoms. The molecule has 1 fully saturated rings. The summed E-state index contributed by atoms with van der Waals surface area (Å²) in [5.74, 6) is 1.14. The van der Waals surface area contributed by atoms with Gasteiger partial charge in [-0.05, 0) is 37.8 Å². The summed E-state index contributed by atoms with van der Waals surface area (Å²) in [4.78, 5) is 19.0. The highest BCUT2D eigenvalue weighted by molar-refractivity contribution is 5.91. The molecule has 0 atom stereocenters. The quantitative estimate of drug-likeness (QED) is 0.785. The summed E-state index contributed by atoms with van der Waals surface area (Å²) in [6, 6.07) is 1.85. The van der Waals surface area contributed by atoms with Crippen LogP contribution in [0.3, 0.4) is 0 Å². The zero-order valence-electron chi connectivity index (χ0n) is 14.4. The molecule has 3 aromatic rings. The van der Waals surface area contributed by atoms with Crippen molar-refractivity contribution in [2.75, 3.05) is 13.1 Å². The van der Waals surface area contributed by atoms with Gasteiger partial charge in [0.15, 0.2) is 0 Å². The van der Waals surface area contributed by atoms with Crippen LogP contribution in [0.5, 0.6) is 0 Å². The third-order valence-corrected chi connectivity index (χ3v) is 4.93. The number of piperidine rings is 1. The number of rotatable bonds is 3. The first-order chi connectivity index (χ1) is 12.2. The second-order valence-corrected chi connectivity index (χ2v) is 6.49. The van der Waals surface area contributed by atoms with Crippen molar-refractivity contribution in [3.05, 3.63) is 41.2 Å². The van der Waals surface area contributed by atoms with Crippen LogP contribution in [0, 0.1) is 6.92 Å². The predicted molar refractivity (Wildman–Crippen MR) is 91.4 cm³/mol. The number of aromatic nitrogens is 6. The Morgan fingerprint density at radius 2 is 2.12 bits per heavy atom. The maximum Gasteiger partial charge on any atom is 0.292 e. The van der Waals surface area contributed by atoms with Gasteiger partial charge in [-0.3, -0.25) is 14.3 Å². The van der Waals surface area contributed by atoms with Crippen LogP contribution < -0.4 is 0 Å². The average molecular weight is 339 g/mol. The lowest BCUT2D eigenvalue weighted by Gasteiger charge is -2.31. The molecule has 0 spiro atoms. The smallest absolute Gasteiger partial charge is 0.292 e. The minimum atomic E-state index is -0.0862. The van der Waals surface area contributed by atoms with Crippen LogP contribution in [0.4, 0.5) is 0 Å². The number of hydrogen-bond acceptors (Lipinski definition) is 5. The molecule has 1 saturated heterocycles. The first-order valence-electron chi connectivity index (χ1n) is 8.67. The van der Waals surface area contributed by atoms with Crippen molar-refractivity contribution in [2.45, 2.75) is 39.0 Å². The number of nitrogens with zero attached hydrogens (tertiary/aromatic N) is 6. The standard InChI is InChI=1S/C17H21N7O/c1-3-12-10-18-20-14(12)13-5-7-23(8-6-13)16(25)15-21-22-17-19-11(2)4-9-24(15)17/h4,9-10,13H,3,5-8H2,1-2H3,(H,18,20). The van der Waals surface area contributed by atoms with E-state index in [-0.39, 0.29) is 5.91 Å². The summed E-state index contributed by atoms with van der Waals surface area (Å²) >= 11 is 0. The van der Waals surface area contributed by atoms with E-state index >= 15 is 0 Å². The number of aryl methyl sites for hydroxylation is 2. The highest BCUT2D eigenvalue weighted by atomic mass is 16.2. The largest absolute Gasteiger partial charge is 0.336 e. The molecule has 0 aliphatic carbocycles. The number of carbonyl (C=O) groups excluding carboxylic acids is 1. The van der Waals surface area contributed by atoms with Crippen molar-refractivity contribution >= 4 is 11.7 Å². The second-order valence-electron chi connectivity index (χ2n) is 6.49. The minimum absolute atomic E-state index is 0.0862. The third kappa shape index (κ3) is 2.77. The van der Waals surface area contributed by atoms with Crippen LogP contribution >= 0.6 is 0 Å². The summed E-state index contributed by atoms with van der Waals surface area (Å²) < 4.78 is 1.66. The summed E-state index contributed by atoms with van der Waals surface area (Å²) in [7, 11) is 0. The molecular formula is C17H21N7O. The number of amides is 1. The molecule has 3 aromatic heterocycles. The number of hydrogen-bond donors (Lipinski definition) is 1. The van der Waals surface area contributed by atoms with Gasteiger partial charge in [-0.2, -0.15) is 5.10 Å². The zero-order valence-corrected chi connectivity index (χ0v) is 14.4. The Hall–Kier alpha value is -2.77. The van der Waals surface area contributed by atoms with Gasteiger partial charge < -0.3 is 4.90 Å². The van der Waals surface area contributed by atoms with Crippen molar-refractivity contribution in [2.24, 2.45) is 0 Å². The fourth-order valence-corrected chi connectivity index (χ4v) is 3.49. The monoisotopic (exact) mass is 339 g/mol. The highest BCUT2D eigenvalue weighted by Gasteiger charge is 2.28. The Balaban J connectivity index is 1.49. The van der Waals surface area contributed by atoms with E-state index in [2.05, 4.69) is 32.3 Å². The van der Waals surface area contributed by atoms with Crippen LogP contribution in [0.15, 0.2) is 18.5 Å². The summed E-state index contributed by atoms with van der Waals surface area (Å²) in [5, 5.41) is 15.4. The number of H-pyrrole nitrogens is 1. The zero-order chi connectivity index (χ0) is 17.4. The number of carbonyl (C=O) groups is 1. The van der Waals surface area contributed by atoms with Gasteiger partial charge in [0.05, 0.1) is 6.20 Å². The Morgan fingerprint density at radius 1 is 1.32 bits per heavy atom. The van der Waals surface area contributed by atoms with Gasteiger partial charge in [0, 0.05) is 36.6 Å². The first kappa shape index (κ1) is 15.7. The number of nitrogens with one attached hydrogen (secondary N) is 1. The first-order valence-corrected chi connectivity index (χ1v) is 8.67. The Bertz CT molecular complexity index is 905. The molecule has 1 aliphatic heterocycles. The van der Waals surface area contributed by atoms with E-state index < -0.39 is 0 Å². The molecule has 0 aromatic carbocycles. The molecule has 1 aliphatic rings. The molecule has 8 nitrogen and oxygen atoms in total. The summed E-state index contributed by atoms with van der Waals surface area (Å²) in [5.41, 5.74) is 3.35. The average Bonchev–Trinajstić information content (AvgIpc) is 3.27. The predicted octanol–water partition coefficient (Wildman–Crippen LogP) is 1.74. The molecule has 0 unspecified atom stereocenters. The van der Waals surface area contributed by atoms with Crippen LogP contribution in [0.2, 0.25) is 0 Å². The molecule has 0 saturated carbocycles. The van der Waals surface area contributed by atoms with Crippen molar-refractivity contribution in [1.29, 1.82) is 0 Å². The van der Waals surface area contributed by atoms with Crippen molar-refractivity contribution in [3.63, 3.8) is 0 Å². The van der Waals surface area contributed by atoms with E-state index in [1.165, 1.54) is 11.3 Å². The van der Waals surface area contributed by atoms with Gasteiger partial charge in [-0.15, -0.1) is 10.2 Å². The van der Waals surface area contributed by atoms with Crippen molar-refractivity contribution in [3.8, 4) is 0 Å². The van der Waals surface area contributed by atoms with Gasteiger partial charge in [-0.25, -0.2) is 4.98 Å². The van der Waals surface area contributed by atoms with Crippen LogP contribution in [-0.4, -0.2) is 53.7 Å². The van der Waals surface area contributed by atoms with Crippen LogP contribution in [0.25, 0.3) is 5.78 Å². The second kappa shape index (κ2) is 6.27. The highest BCUT2D eigenvalue weighted by Crippen LogP contribution is 2.29. The van der Waals surface area contributed by atoms with E-state index in [9.17, 15) is 4.79 Å². The number of aromatic amines is 1. The van der Waals surface area contributed by atoms with E-state index in [1.807, 2.05) is 24.1 Å². The van der Waals surface area contributed by atoms with E-state index in [0.717, 1.165) is 25.0 Å². The van der Waals surface area contributed by atoms with Crippen LogP contribution in [0.1, 0.15) is 53.3 Å². The van der Waals surface area contributed by atoms with Crippen molar-refractivity contribution < 1.29 is 4.79 Å². The fraction of sp³-hybridized carbons (Fsp3) is 0.471. The lowest BCUT2D eigenvalue weighted by Crippen LogP contribution is -2.39. The van der Waals surface area contributed by atoms with Gasteiger partial charge in [-0.1, -0.05) is 6.92 Å². The molecule has 1 N–H and O–H groups in total. The van der Waals surface area contributed by atoms with Gasteiger partial charge in [0.1, 0.15) is 0 Å². The lowest BCUT2D eigenvalue weighted by molar-refractivity contribution is 0.0698. The lowest BCUT2D eigenvalue weighted by atomic mass is 9.91. The van der Waals surface area contributed by atoms with E-state index in [1.54, 1.807) is 10.6 Å². The van der Waals surface area contributed by atoms with Gasteiger partial charge in [0.25, 0.3) is 11.7 Å². The fourth-order valence-electron chi connectivity index (χ4n) is 3.49. The molecule has 8 heteroatoms. The molecule has 1 amide bonds. The summed E-state index contributed by atoms with van der Waals surface area (Å²) in [6.07, 6.45) is 6.53. The maximum atomic E-state index is 12.8. The molecule has 4 rings (SSSR count). The molecular weight excluding hydrogens is 318 g/mol. The summed E-state index contributed by atoms with van der Waals surface area (Å²) in [6.45, 7) is 5.44. The Labute approximate surface area is 145 Å². The Morgan fingerprint density at radius 3 is 2.88 bits per heavy atom. The van der Waals surface area contributed by atoms with Crippen molar-refractivity contribution in [1.82, 2.24) is 34.7 Å². The topological polar surface area (TPSA) is 92.1 Å². The van der Waals surface area contributed by atoms with Gasteiger partial charge >= 0.3 is 0 Å². The molecule has 0 radical (unpaired) electrons. The SMILES string of the molecule is CCc1cn[nH]c1C1CCN(C(=O)c2nnc3nc(C)ccn23)CC1. The minimum Gasteiger partial charge on any atom is -0.336 e. The normalized spacial score (nSPS) is 15.8. The van der Waals surface area contributed by atoms with Crippen LogP contribution in [-0.2, 0) is 6.42 Å². The van der Waals surface area contributed by atoms with E-state index in [0.29, 0.717) is 30.6 Å². The Kier molecular flexibility index (Phi) is 3.95. The van der Waals surface area contributed by atoms with E-state index in [4.69, 9.17) is 0 Å². The number of likely N-dealkylation sites (tertiary alicyclic amines) is 1. The maximum absolute atomic E-state index is 12.8. The molecule has 130 valence electrons. The third-order valence-electron chi connectivity index (χ3n) is 4.93.